The van der Waals surface area contributed by atoms with Crippen molar-refractivity contribution in [2.75, 3.05) is 6.61 Å². The summed E-state index contributed by atoms with van der Waals surface area (Å²) >= 11 is 0. The first-order valence-corrected chi connectivity index (χ1v) is 14.4. The Morgan fingerprint density at radius 1 is 0.800 bits per heavy atom. The van der Waals surface area contributed by atoms with Crippen molar-refractivity contribution in [3.8, 4) is 0 Å². The highest BCUT2D eigenvalue weighted by molar-refractivity contribution is 5.94. The van der Waals surface area contributed by atoms with Crippen LogP contribution in [0.1, 0.15) is 74.7 Å². The van der Waals surface area contributed by atoms with Gasteiger partial charge in [-0.15, -0.1) is 0 Å². The monoisotopic (exact) mass is 565 g/mol. The van der Waals surface area contributed by atoms with Crippen LogP contribution in [0.5, 0.6) is 0 Å². The molecule has 228 valence electrons. The van der Waals surface area contributed by atoms with Crippen molar-refractivity contribution in [2.45, 2.75) is 105 Å². The van der Waals surface area contributed by atoms with E-state index in [1.807, 2.05) is 90.3 Å². The highest BCUT2D eigenvalue weighted by atomic mass is 16.5. The fourth-order valence-electron chi connectivity index (χ4n) is 4.32. The fourth-order valence-corrected chi connectivity index (χ4v) is 4.32. The van der Waals surface area contributed by atoms with Gasteiger partial charge in [-0.3, -0.25) is 14.4 Å². The maximum atomic E-state index is 13.4. The Kier molecular flexibility index (Phi) is 14.9. The minimum Gasteiger partial charge on any atom is -0.460 e. The van der Waals surface area contributed by atoms with E-state index in [-0.39, 0.29) is 30.3 Å². The SMILES string of the molecule is CC(C)C[C@H](NC(=O)[C@@H](N)CC(C)C)C(=O)N[C@H](C(=O)N[C@@H](CC(C)C)C(=O)OCCn1cc[n+](C)c1)C(C)C. The molecule has 0 bridgehead atoms. The summed E-state index contributed by atoms with van der Waals surface area (Å²) in [6, 6.07) is -3.33. The summed E-state index contributed by atoms with van der Waals surface area (Å²) in [6.07, 6.45) is 6.92. The van der Waals surface area contributed by atoms with Gasteiger partial charge in [-0.25, -0.2) is 13.9 Å². The van der Waals surface area contributed by atoms with E-state index in [9.17, 15) is 19.2 Å². The van der Waals surface area contributed by atoms with E-state index in [4.69, 9.17) is 10.5 Å². The third-order valence-corrected chi connectivity index (χ3v) is 6.37. The molecule has 0 fully saturated rings. The van der Waals surface area contributed by atoms with Gasteiger partial charge in [-0.1, -0.05) is 55.4 Å². The van der Waals surface area contributed by atoms with E-state index in [1.165, 1.54) is 0 Å². The first-order chi connectivity index (χ1) is 18.6. The van der Waals surface area contributed by atoms with Crippen molar-refractivity contribution in [1.82, 2.24) is 20.5 Å². The van der Waals surface area contributed by atoms with E-state index < -0.39 is 47.9 Å². The van der Waals surface area contributed by atoms with Crippen molar-refractivity contribution < 1.29 is 28.5 Å². The van der Waals surface area contributed by atoms with E-state index in [2.05, 4.69) is 16.0 Å². The number of rotatable bonds is 17. The molecule has 5 N–H and O–H groups in total. The third kappa shape index (κ3) is 12.9. The number of esters is 1. The van der Waals surface area contributed by atoms with Gasteiger partial charge in [-0.05, 0) is 42.9 Å². The molecular formula is C29H53N6O5+. The number of aromatic nitrogens is 2. The average Bonchev–Trinajstić information content (AvgIpc) is 3.24. The van der Waals surface area contributed by atoms with E-state index in [0.29, 0.717) is 25.8 Å². The summed E-state index contributed by atoms with van der Waals surface area (Å²) in [6.45, 7) is 16.0. The van der Waals surface area contributed by atoms with Crippen LogP contribution in [0, 0.1) is 23.7 Å². The smallest absolute Gasteiger partial charge is 0.328 e. The zero-order chi connectivity index (χ0) is 30.6. The standard InChI is InChI=1S/C29H52N6O5/c1-18(2)14-22(30)26(36)31-23(15-19(3)4)27(37)33-25(21(7)8)28(38)32-24(16-20(5)6)29(39)40-13-12-35-11-10-34(9)17-35/h10-11,17-25H,12-16,30H2,1-9H3,(H2-,31,32,33,36,37,38)/p+1/t22-,23-,24-,25-/m0/s1. The second-order valence-electron chi connectivity index (χ2n) is 12.3. The number of carbonyl (C=O) groups is 4. The Hall–Kier alpha value is -2.95. The summed E-state index contributed by atoms with van der Waals surface area (Å²) in [5.41, 5.74) is 6.03. The first kappa shape index (κ1) is 35.1. The number of imidazole rings is 1. The lowest BCUT2D eigenvalue weighted by Crippen LogP contribution is -2.58. The number of ether oxygens (including phenoxy) is 1. The lowest BCUT2D eigenvalue weighted by atomic mass is 9.98. The van der Waals surface area contributed by atoms with Crippen molar-refractivity contribution in [2.24, 2.45) is 36.5 Å². The number of aryl methyl sites for hydroxylation is 1. The van der Waals surface area contributed by atoms with E-state index in [1.54, 1.807) is 0 Å². The molecule has 11 nitrogen and oxygen atoms in total. The van der Waals surface area contributed by atoms with Gasteiger partial charge >= 0.3 is 5.97 Å². The van der Waals surface area contributed by atoms with Gasteiger partial charge < -0.3 is 26.4 Å². The van der Waals surface area contributed by atoms with Crippen LogP contribution < -0.4 is 26.3 Å². The molecular weight excluding hydrogens is 512 g/mol. The lowest BCUT2D eigenvalue weighted by molar-refractivity contribution is -0.671. The number of nitrogens with two attached hydrogens (primary N) is 1. The molecule has 3 amide bonds. The van der Waals surface area contributed by atoms with Gasteiger partial charge in [0.1, 0.15) is 43.7 Å². The molecule has 0 aromatic carbocycles. The normalized spacial score (nSPS) is 14.7. The molecule has 0 radical (unpaired) electrons. The maximum absolute atomic E-state index is 13.4. The number of hydrogen-bond acceptors (Lipinski definition) is 6. The lowest BCUT2D eigenvalue weighted by Gasteiger charge is -2.28. The Bertz CT molecular complexity index is 958. The minimum absolute atomic E-state index is 0.114. The van der Waals surface area contributed by atoms with Crippen LogP contribution in [0.4, 0.5) is 0 Å². The van der Waals surface area contributed by atoms with Gasteiger partial charge in [0.2, 0.25) is 24.0 Å². The molecule has 1 aromatic rings. The summed E-state index contributed by atoms with van der Waals surface area (Å²) in [4.78, 5) is 52.3. The molecule has 1 aromatic heterocycles. The number of carbonyl (C=O) groups excluding carboxylic acids is 4. The summed E-state index contributed by atoms with van der Waals surface area (Å²) in [7, 11) is 1.90. The zero-order valence-electron chi connectivity index (χ0n) is 25.9. The first-order valence-electron chi connectivity index (χ1n) is 14.4. The molecule has 40 heavy (non-hydrogen) atoms. The predicted octanol–water partition coefficient (Wildman–Crippen LogP) is 1.43. The summed E-state index contributed by atoms with van der Waals surface area (Å²) in [5, 5.41) is 8.38. The maximum Gasteiger partial charge on any atom is 0.328 e. The molecule has 1 rings (SSSR count). The predicted molar refractivity (Wildman–Crippen MR) is 154 cm³/mol. The summed E-state index contributed by atoms with van der Waals surface area (Å²) < 4.78 is 9.27. The van der Waals surface area contributed by atoms with Crippen LogP contribution in [0.3, 0.4) is 0 Å². The molecule has 4 atom stereocenters. The summed E-state index contributed by atoms with van der Waals surface area (Å²) in [5.74, 6) is -1.66. The van der Waals surface area contributed by atoms with Crippen molar-refractivity contribution in [3.05, 3.63) is 18.7 Å². The number of nitrogens with zero attached hydrogens (tertiary/aromatic N) is 2. The van der Waals surface area contributed by atoms with Crippen LogP contribution in [0.15, 0.2) is 18.7 Å². The van der Waals surface area contributed by atoms with Crippen molar-refractivity contribution in [1.29, 1.82) is 0 Å². The Labute approximate surface area is 240 Å². The Balaban J connectivity index is 2.92. The van der Waals surface area contributed by atoms with Crippen LogP contribution in [0.25, 0.3) is 0 Å². The Morgan fingerprint density at radius 3 is 1.85 bits per heavy atom. The highest BCUT2D eigenvalue weighted by Gasteiger charge is 2.33. The molecule has 0 aliphatic heterocycles. The number of amides is 3. The number of nitrogens with one attached hydrogen (secondary N) is 3. The van der Waals surface area contributed by atoms with Gasteiger partial charge in [-0.2, -0.15) is 0 Å². The molecule has 0 aliphatic carbocycles. The molecule has 0 spiro atoms. The van der Waals surface area contributed by atoms with Gasteiger partial charge in [0.25, 0.3) is 0 Å². The minimum atomic E-state index is -0.911. The fraction of sp³-hybridized carbons (Fsp3) is 0.759. The highest BCUT2D eigenvalue weighted by Crippen LogP contribution is 2.12. The second-order valence-corrected chi connectivity index (χ2v) is 12.3. The topological polar surface area (TPSA) is 148 Å². The second kappa shape index (κ2) is 17.0. The number of hydrogen-bond donors (Lipinski definition) is 4. The molecule has 1 heterocycles. The Morgan fingerprint density at radius 2 is 1.35 bits per heavy atom. The average molecular weight is 566 g/mol. The molecule has 11 heteroatoms. The van der Waals surface area contributed by atoms with Crippen LogP contribution in [0.2, 0.25) is 0 Å². The molecule has 0 saturated carbocycles. The van der Waals surface area contributed by atoms with Gasteiger partial charge in [0.05, 0.1) is 13.1 Å². The van der Waals surface area contributed by atoms with Gasteiger partial charge in [0.15, 0.2) is 0 Å². The van der Waals surface area contributed by atoms with Crippen LogP contribution in [-0.2, 0) is 37.5 Å². The van der Waals surface area contributed by atoms with Crippen LogP contribution in [-0.4, -0.2) is 59.0 Å². The van der Waals surface area contributed by atoms with Gasteiger partial charge in [0, 0.05) is 0 Å². The molecule has 0 saturated heterocycles. The largest absolute Gasteiger partial charge is 0.460 e. The van der Waals surface area contributed by atoms with Crippen molar-refractivity contribution in [3.63, 3.8) is 0 Å². The molecule has 0 unspecified atom stereocenters. The third-order valence-electron chi connectivity index (χ3n) is 6.37. The van der Waals surface area contributed by atoms with E-state index in [0.717, 1.165) is 0 Å². The quantitative estimate of drug-likeness (QED) is 0.166. The van der Waals surface area contributed by atoms with Crippen molar-refractivity contribution >= 4 is 23.7 Å². The van der Waals surface area contributed by atoms with E-state index >= 15 is 0 Å². The zero-order valence-corrected chi connectivity index (χ0v) is 25.9. The van der Waals surface area contributed by atoms with Crippen LogP contribution >= 0.6 is 0 Å². The molecule has 0 aliphatic rings.